The van der Waals surface area contributed by atoms with Gasteiger partial charge in [0, 0.05) is 13.1 Å². The van der Waals surface area contributed by atoms with Crippen molar-refractivity contribution in [3.63, 3.8) is 0 Å². The summed E-state index contributed by atoms with van der Waals surface area (Å²) in [6.45, 7) is 6.88. The summed E-state index contributed by atoms with van der Waals surface area (Å²) in [6, 6.07) is 3.70. The molecule has 0 amide bonds. The molecule has 0 spiro atoms. The molecule has 1 unspecified atom stereocenters. The quantitative estimate of drug-likeness (QED) is 0.781. The van der Waals surface area contributed by atoms with E-state index >= 15 is 0 Å². The predicted octanol–water partition coefficient (Wildman–Crippen LogP) is 4.36. The molecule has 1 aliphatic heterocycles. The fourth-order valence-corrected chi connectivity index (χ4v) is 4.80. The fraction of sp³-hybridized carbons (Fsp3) is 0.588. The lowest BCUT2D eigenvalue weighted by molar-refractivity contribution is -0.137. The van der Waals surface area contributed by atoms with Gasteiger partial charge in [-0.3, -0.25) is 0 Å². The Hall–Kier alpha value is -1.08. The lowest BCUT2D eigenvalue weighted by Crippen LogP contribution is -2.40. The van der Waals surface area contributed by atoms with Crippen molar-refractivity contribution in [2.45, 2.75) is 43.7 Å². The molecule has 1 saturated heterocycles. The Morgan fingerprint density at radius 1 is 1.21 bits per heavy atom. The van der Waals surface area contributed by atoms with Gasteiger partial charge in [0.05, 0.1) is 10.5 Å². The van der Waals surface area contributed by atoms with Gasteiger partial charge in [-0.05, 0) is 48.9 Å². The molecule has 0 aliphatic carbocycles. The summed E-state index contributed by atoms with van der Waals surface area (Å²) in [4.78, 5) is -0.0850. The van der Waals surface area contributed by atoms with Crippen molar-refractivity contribution < 1.29 is 21.6 Å². The maximum Gasteiger partial charge on any atom is 0.416 e. The van der Waals surface area contributed by atoms with Crippen LogP contribution in [0.2, 0.25) is 0 Å². The molecule has 0 aromatic heterocycles. The van der Waals surface area contributed by atoms with Crippen molar-refractivity contribution >= 4 is 10.0 Å². The van der Waals surface area contributed by atoms with Crippen LogP contribution in [-0.2, 0) is 16.2 Å². The average molecular weight is 362 g/mol. The first-order chi connectivity index (χ1) is 11.2. The van der Waals surface area contributed by atoms with Crippen LogP contribution in [0.3, 0.4) is 0 Å². The summed E-state index contributed by atoms with van der Waals surface area (Å²) in [7, 11) is -3.74. The van der Waals surface area contributed by atoms with E-state index in [0.29, 0.717) is 24.9 Å². The number of benzene rings is 1. The Morgan fingerprint density at radius 2 is 1.75 bits per heavy atom. The molecule has 1 atom stereocenters. The highest BCUT2D eigenvalue weighted by molar-refractivity contribution is 7.89. The second-order valence-corrected chi connectivity index (χ2v) is 8.16. The minimum Gasteiger partial charge on any atom is -0.207 e. The average Bonchev–Trinajstić information content (AvgIpc) is 2.56. The van der Waals surface area contributed by atoms with Gasteiger partial charge >= 0.3 is 6.18 Å². The zero-order chi connectivity index (χ0) is 18.0. The van der Waals surface area contributed by atoms with Crippen LogP contribution in [0.4, 0.5) is 13.2 Å². The van der Waals surface area contributed by atoms with E-state index in [1.807, 2.05) is 0 Å². The topological polar surface area (TPSA) is 37.4 Å². The van der Waals surface area contributed by atoms with Crippen LogP contribution in [0.15, 0.2) is 29.2 Å². The number of piperidine rings is 1. The van der Waals surface area contributed by atoms with E-state index in [9.17, 15) is 21.6 Å². The molecule has 1 aliphatic rings. The Kier molecular flexibility index (Phi) is 5.96. The highest BCUT2D eigenvalue weighted by Gasteiger charge is 2.33. The minimum atomic E-state index is -4.47. The fourth-order valence-electron chi connectivity index (χ4n) is 3.33. The van der Waals surface area contributed by atoms with E-state index in [2.05, 4.69) is 13.8 Å². The van der Waals surface area contributed by atoms with E-state index in [0.717, 1.165) is 49.9 Å². The standard InChI is InChI=1S/C17H23F3NO2S/c1-3-13(4-2)14-9-11-21(12-10-14)24(22,23)16-7-5-15(6-8-16)17(18,19)20/h5-8,13-14H,1,3-4,9-12H2,2H3. The Labute approximate surface area is 141 Å². The van der Waals surface area contributed by atoms with E-state index in [1.165, 1.54) is 4.31 Å². The summed E-state index contributed by atoms with van der Waals surface area (Å²) in [5.41, 5.74) is -0.846. The van der Waals surface area contributed by atoms with E-state index in [-0.39, 0.29) is 4.90 Å². The van der Waals surface area contributed by atoms with Crippen LogP contribution in [0.5, 0.6) is 0 Å². The number of nitrogens with zero attached hydrogens (tertiary/aromatic N) is 1. The van der Waals surface area contributed by atoms with Crippen molar-refractivity contribution in [3.05, 3.63) is 36.8 Å². The molecule has 0 N–H and O–H groups in total. The Balaban J connectivity index is 2.09. The highest BCUT2D eigenvalue weighted by Crippen LogP contribution is 2.33. The summed E-state index contributed by atoms with van der Waals surface area (Å²) in [6.07, 6.45) is -1.06. The Morgan fingerprint density at radius 3 is 2.17 bits per heavy atom. The van der Waals surface area contributed by atoms with Gasteiger partial charge in [-0.1, -0.05) is 26.7 Å². The third-order valence-corrected chi connectivity index (χ3v) is 6.79. The maximum absolute atomic E-state index is 12.6. The van der Waals surface area contributed by atoms with E-state index in [1.54, 1.807) is 0 Å². The zero-order valence-electron chi connectivity index (χ0n) is 13.7. The molecular weight excluding hydrogens is 339 g/mol. The number of halogens is 3. The lowest BCUT2D eigenvalue weighted by atomic mass is 9.82. The minimum absolute atomic E-state index is 0.0850. The van der Waals surface area contributed by atoms with Crippen LogP contribution < -0.4 is 0 Å². The molecule has 1 fully saturated rings. The number of hydrogen-bond donors (Lipinski definition) is 0. The zero-order valence-corrected chi connectivity index (χ0v) is 14.5. The first kappa shape index (κ1) is 19.2. The molecule has 7 heteroatoms. The first-order valence-electron chi connectivity index (χ1n) is 8.16. The summed E-state index contributed by atoms with van der Waals surface area (Å²) < 4.78 is 64.3. The number of alkyl halides is 3. The van der Waals surface area contributed by atoms with Gasteiger partial charge in [0.2, 0.25) is 10.0 Å². The molecule has 2 rings (SSSR count). The lowest BCUT2D eigenvalue weighted by Gasteiger charge is -2.35. The summed E-state index contributed by atoms with van der Waals surface area (Å²) in [5, 5.41) is 0. The smallest absolute Gasteiger partial charge is 0.207 e. The molecule has 0 bridgehead atoms. The van der Waals surface area contributed by atoms with Gasteiger partial charge in [0.1, 0.15) is 0 Å². The molecule has 0 saturated carbocycles. The van der Waals surface area contributed by atoms with E-state index < -0.39 is 21.8 Å². The second kappa shape index (κ2) is 7.44. The normalized spacial score (nSPS) is 18.2. The molecule has 24 heavy (non-hydrogen) atoms. The summed E-state index contributed by atoms with van der Waals surface area (Å²) in [5.74, 6) is 0.965. The molecular formula is C17H23F3NO2S. The number of hydrogen-bond acceptors (Lipinski definition) is 2. The maximum atomic E-state index is 12.6. The SMILES string of the molecule is [CH2]CC(CC)C1CCN(S(=O)(=O)c2ccc(C(F)(F)F)cc2)CC1. The van der Waals surface area contributed by atoms with Gasteiger partial charge in [-0.2, -0.15) is 17.5 Å². The molecule has 1 aromatic carbocycles. The van der Waals surface area contributed by atoms with Crippen LogP contribution >= 0.6 is 0 Å². The van der Waals surface area contributed by atoms with Crippen molar-refractivity contribution in [1.82, 2.24) is 4.31 Å². The number of sulfonamides is 1. The highest BCUT2D eigenvalue weighted by atomic mass is 32.2. The van der Waals surface area contributed by atoms with Crippen molar-refractivity contribution in [3.8, 4) is 0 Å². The number of rotatable bonds is 5. The predicted molar refractivity (Wildman–Crippen MR) is 86.7 cm³/mol. The van der Waals surface area contributed by atoms with Gasteiger partial charge in [0.15, 0.2) is 0 Å². The van der Waals surface area contributed by atoms with E-state index in [4.69, 9.17) is 0 Å². The first-order valence-corrected chi connectivity index (χ1v) is 9.60. The van der Waals surface area contributed by atoms with Crippen molar-refractivity contribution in [2.75, 3.05) is 13.1 Å². The monoisotopic (exact) mass is 362 g/mol. The molecule has 135 valence electrons. The van der Waals surface area contributed by atoms with Gasteiger partial charge < -0.3 is 0 Å². The van der Waals surface area contributed by atoms with Crippen molar-refractivity contribution in [1.29, 1.82) is 0 Å². The Bertz CT molecular complexity index is 629. The third kappa shape index (κ3) is 4.11. The molecule has 1 radical (unpaired) electrons. The van der Waals surface area contributed by atoms with Crippen LogP contribution in [0.1, 0.15) is 38.2 Å². The van der Waals surface area contributed by atoms with Gasteiger partial charge in [0.25, 0.3) is 0 Å². The van der Waals surface area contributed by atoms with Crippen LogP contribution in [0.25, 0.3) is 0 Å². The van der Waals surface area contributed by atoms with Gasteiger partial charge in [-0.25, -0.2) is 8.42 Å². The van der Waals surface area contributed by atoms with Gasteiger partial charge in [-0.15, -0.1) is 0 Å². The van der Waals surface area contributed by atoms with Crippen LogP contribution in [-0.4, -0.2) is 25.8 Å². The van der Waals surface area contributed by atoms with Crippen molar-refractivity contribution in [2.24, 2.45) is 11.8 Å². The van der Waals surface area contributed by atoms with Crippen LogP contribution in [0, 0.1) is 18.8 Å². The third-order valence-electron chi connectivity index (χ3n) is 4.88. The second-order valence-electron chi connectivity index (χ2n) is 6.22. The molecule has 1 aromatic rings. The molecule has 3 nitrogen and oxygen atoms in total. The largest absolute Gasteiger partial charge is 0.416 e. The molecule has 1 heterocycles. The summed E-state index contributed by atoms with van der Waals surface area (Å²) >= 11 is 0.